The summed E-state index contributed by atoms with van der Waals surface area (Å²) in [6, 6.07) is 7.42. The zero-order valence-electron chi connectivity index (χ0n) is 11.1. The van der Waals surface area contributed by atoms with Gasteiger partial charge in [0.2, 0.25) is 0 Å². The third kappa shape index (κ3) is 2.51. The van der Waals surface area contributed by atoms with Crippen LogP contribution in [0.1, 0.15) is 29.9 Å². The Morgan fingerprint density at radius 3 is 2.60 bits per heavy atom. The molecule has 4 nitrogen and oxygen atoms in total. The van der Waals surface area contributed by atoms with Crippen LogP contribution in [0, 0.1) is 0 Å². The number of amides is 1. The van der Waals surface area contributed by atoms with Gasteiger partial charge in [-0.25, -0.2) is 4.79 Å². The lowest BCUT2D eigenvalue weighted by molar-refractivity contribution is -0.143. The zero-order valence-corrected chi connectivity index (χ0v) is 12.6. The maximum atomic E-state index is 12.3. The molecule has 0 aliphatic heterocycles. The number of carboxylic acids is 1. The lowest BCUT2D eigenvalue weighted by Gasteiger charge is -2.24. The Morgan fingerprint density at radius 2 is 2.05 bits per heavy atom. The van der Waals surface area contributed by atoms with E-state index in [4.69, 9.17) is 11.6 Å². The molecule has 0 fully saturated rings. The number of carboxylic acid groups (broad SMARTS) is 1. The first-order valence-corrected chi connectivity index (χ1v) is 7.31. The fourth-order valence-electron chi connectivity index (χ4n) is 1.76. The molecule has 1 amide bonds. The van der Waals surface area contributed by atoms with Gasteiger partial charge < -0.3 is 10.4 Å². The van der Waals surface area contributed by atoms with Gasteiger partial charge in [0.25, 0.3) is 5.91 Å². The molecule has 106 valence electrons. The number of hydrogen-bond acceptors (Lipinski definition) is 3. The molecule has 1 atom stereocenters. The van der Waals surface area contributed by atoms with Crippen molar-refractivity contribution >= 4 is 44.9 Å². The van der Waals surface area contributed by atoms with Crippen LogP contribution >= 0.6 is 22.9 Å². The van der Waals surface area contributed by atoms with Gasteiger partial charge in [0.05, 0.1) is 5.02 Å². The molecule has 0 aliphatic carbocycles. The summed E-state index contributed by atoms with van der Waals surface area (Å²) in [5.41, 5.74) is -1.30. The molecule has 0 saturated heterocycles. The van der Waals surface area contributed by atoms with Crippen molar-refractivity contribution in [2.24, 2.45) is 0 Å². The average molecular weight is 312 g/mol. The number of carbonyl (C=O) groups excluding carboxylic acids is 1. The predicted molar refractivity (Wildman–Crippen MR) is 80.6 cm³/mol. The van der Waals surface area contributed by atoms with Crippen molar-refractivity contribution < 1.29 is 14.7 Å². The highest BCUT2D eigenvalue weighted by molar-refractivity contribution is 7.21. The highest BCUT2D eigenvalue weighted by Crippen LogP contribution is 2.35. The second kappa shape index (κ2) is 5.42. The number of fused-ring (bicyclic) bond motifs is 1. The van der Waals surface area contributed by atoms with Crippen LogP contribution in [0.5, 0.6) is 0 Å². The van der Waals surface area contributed by atoms with Gasteiger partial charge in [-0.15, -0.1) is 11.3 Å². The summed E-state index contributed by atoms with van der Waals surface area (Å²) >= 11 is 7.46. The van der Waals surface area contributed by atoms with E-state index >= 15 is 0 Å². The molecule has 20 heavy (non-hydrogen) atoms. The smallest absolute Gasteiger partial charge is 0.329 e. The minimum atomic E-state index is -1.30. The minimum Gasteiger partial charge on any atom is -0.480 e. The van der Waals surface area contributed by atoms with Gasteiger partial charge in [-0.3, -0.25) is 4.79 Å². The van der Waals surface area contributed by atoms with E-state index in [2.05, 4.69) is 5.32 Å². The molecule has 0 bridgehead atoms. The summed E-state index contributed by atoms with van der Waals surface area (Å²) < 4.78 is 0.899. The van der Waals surface area contributed by atoms with Gasteiger partial charge in [-0.05, 0) is 19.4 Å². The van der Waals surface area contributed by atoms with Crippen molar-refractivity contribution in [3.8, 4) is 0 Å². The number of thiophene rings is 1. The number of nitrogens with one attached hydrogen (secondary N) is 1. The number of halogens is 1. The van der Waals surface area contributed by atoms with Crippen LogP contribution in [-0.2, 0) is 4.79 Å². The van der Waals surface area contributed by atoms with Crippen LogP contribution in [0.15, 0.2) is 24.3 Å². The normalized spacial score (nSPS) is 13.9. The van der Waals surface area contributed by atoms with Crippen LogP contribution in [0.2, 0.25) is 5.02 Å². The molecule has 2 N–H and O–H groups in total. The second-order valence-corrected chi connectivity index (χ2v) is 6.12. The Bertz CT molecular complexity index is 682. The van der Waals surface area contributed by atoms with Crippen molar-refractivity contribution in [3.05, 3.63) is 34.2 Å². The minimum absolute atomic E-state index is 0.288. The van der Waals surface area contributed by atoms with Gasteiger partial charge in [-0.2, -0.15) is 0 Å². The maximum absolute atomic E-state index is 12.3. The average Bonchev–Trinajstić information content (AvgIpc) is 2.76. The molecule has 1 heterocycles. The van der Waals surface area contributed by atoms with Crippen LogP contribution in [0.4, 0.5) is 0 Å². The Hall–Kier alpha value is -1.59. The van der Waals surface area contributed by atoms with E-state index in [1.165, 1.54) is 18.3 Å². The van der Waals surface area contributed by atoms with E-state index in [1.54, 1.807) is 6.92 Å². The molecule has 0 aliphatic rings. The van der Waals surface area contributed by atoms with E-state index in [0.29, 0.717) is 9.90 Å². The van der Waals surface area contributed by atoms with Gasteiger partial charge in [0, 0.05) is 10.1 Å². The summed E-state index contributed by atoms with van der Waals surface area (Å²) in [5, 5.41) is 12.9. The predicted octanol–water partition coefficient (Wildman–Crippen LogP) is 3.54. The summed E-state index contributed by atoms with van der Waals surface area (Å²) in [4.78, 5) is 23.8. The van der Waals surface area contributed by atoms with Crippen LogP contribution in [0.25, 0.3) is 10.1 Å². The highest BCUT2D eigenvalue weighted by atomic mass is 35.5. The fraction of sp³-hybridized carbons (Fsp3) is 0.286. The van der Waals surface area contributed by atoms with Gasteiger partial charge in [-0.1, -0.05) is 36.7 Å². The van der Waals surface area contributed by atoms with Gasteiger partial charge in [0.15, 0.2) is 0 Å². The Kier molecular flexibility index (Phi) is 4.01. The molecule has 0 spiro atoms. The summed E-state index contributed by atoms with van der Waals surface area (Å²) in [7, 11) is 0. The van der Waals surface area contributed by atoms with Crippen molar-refractivity contribution in [2.75, 3.05) is 0 Å². The number of benzene rings is 1. The van der Waals surface area contributed by atoms with Crippen molar-refractivity contribution in [2.45, 2.75) is 25.8 Å². The van der Waals surface area contributed by atoms with Gasteiger partial charge in [0.1, 0.15) is 10.4 Å². The summed E-state index contributed by atoms with van der Waals surface area (Å²) in [6.07, 6.45) is 0.288. The zero-order chi connectivity index (χ0) is 14.9. The molecule has 2 rings (SSSR count). The highest BCUT2D eigenvalue weighted by Gasteiger charge is 2.34. The van der Waals surface area contributed by atoms with Crippen molar-refractivity contribution in [1.29, 1.82) is 0 Å². The lowest BCUT2D eigenvalue weighted by Crippen LogP contribution is -2.51. The number of carbonyl (C=O) groups is 2. The molecular formula is C14H14ClNO3S. The SMILES string of the molecule is CCC(C)(NC(=O)c1sc2ccccc2c1Cl)C(=O)O. The molecule has 2 aromatic rings. The van der Waals surface area contributed by atoms with Crippen molar-refractivity contribution in [3.63, 3.8) is 0 Å². The summed E-state index contributed by atoms with van der Waals surface area (Å²) in [6.45, 7) is 3.19. The van der Waals surface area contributed by atoms with E-state index < -0.39 is 17.4 Å². The van der Waals surface area contributed by atoms with E-state index in [1.807, 2.05) is 24.3 Å². The lowest BCUT2D eigenvalue weighted by atomic mass is 9.99. The number of hydrogen-bond donors (Lipinski definition) is 2. The van der Waals surface area contributed by atoms with Gasteiger partial charge >= 0.3 is 5.97 Å². The number of rotatable bonds is 4. The van der Waals surface area contributed by atoms with E-state index in [9.17, 15) is 14.7 Å². The van der Waals surface area contributed by atoms with Crippen LogP contribution < -0.4 is 5.32 Å². The molecule has 1 unspecified atom stereocenters. The van der Waals surface area contributed by atoms with E-state index in [-0.39, 0.29) is 6.42 Å². The first-order valence-electron chi connectivity index (χ1n) is 6.12. The topological polar surface area (TPSA) is 66.4 Å². The maximum Gasteiger partial charge on any atom is 0.329 e. The quantitative estimate of drug-likeness (QED) is 0.907. The monoisotopic (exact) mass is 311 g/mol. The Balaban J connectivity index is 2.37. The molecule has 6 heteroatoms. The number of aliphatic carboxylic acids is 1. The largest absolute Gasteiger partial charge is 0.480 e. The molecular weight excluding hydrogens is 298 g/mol. The standard InChI is InChI=1S/C14H14ClNO3S/c1-3-14(2,13(18)19)16-12(17)11-10(15)8-6-4-5-7-9(8)20-11/h4-7H,3H2,1-2H3,(H,16,17)(H,18,19). The molecule has 1 aromatic carbocycles. The molecule has 0 saturated carbocycles. The van der Waals surface area contributed by atoms with Crippen LogP contribution in [0.3, 0.4) is 0 Å². The third-order valence-corrected chi connectivity index (χ3v) is 4.98. The Labute approximate surface area is 125 Å². The molecule has 1 aromatic heterocycles. The molecule has 0 radical (unpaired) electrons. The summed E-state index contributed by atoms with van der Waals surface area (Å²) in [5.74, 6) is -1.52. The third-order valence-electron chi connectivity index (χ3n) is 3.31. The first-order chi connectivity index (χ1) is 9.39. The Morgan fingerprint density at radius 1 is 1.40 bits per heavy atom. The van der Waals surface area contributed by atoms with Crippen LogP contribution in [-0.4, -0.2) is 22.5 Å². The van der Waals surface area contributed by atoms with Crippen molar-refractivity contribution in [1.82, 2.24) is 5.32 Å². The fourth-order valence-corrected chi connectivity index (χ4v) is 3.17. The second-order valence-electron chi connectivity index (χ2n) is 4.69. The van der Waals surface area contributed by atoms with E-state index in [0.717, 1.165) is 10.1 Å². The first kappa shape index (κ1) is 14.8.